The van der Waals surface area contributed by atoms with E-state index in [1.165, 1.54) is 7.11 Å². The number of carbonyl (C=O) groups is 2. The SMILES string of the molecule is COC[C@@H]1CCCN1C[C@H]1C[C@@H](c2ccc(CO)cc2)O[C@@H](c2ccc(NC(=O)N[C@@H](Cc3ccccc3)C(=O)OC)cc2)O1. The zero-order valence-corrected chi connectivity index (χ0v) is 25.9. The van der Waals surface area contributed by atoms with Crippen LogP contribution in [0.4, 0.5) is 10.5 Å². The fourth-order valence-corrected chi connectivity index (χ4v) is 6.05. The number of anilines is 1. The van der Waals surface area contributed by atoms with Gasteiger partial charge in [0.25, 0.3) is 0 Å². The summed E-state index contributed by atoms with van der Waals surface area (Å²) >= 11 is 0. The lowest BCUT2D eigenvalue weighted by Crippen LogP contribution is -2.45. The number of nitrogens with one attached hydrogen (secondary N) is 2. The number of likely N-dealkylation sites (tertiary alicyclic amines) is 1. The molecule has 0 unspecified atom stereocenters. The summed E-state index contributed by atoms with van der Waals surface area (Å²) in [6, 6.07) is 23.7. The second kappa shape index (κ2) is 16.0. The van der Waals surface area contributed by atoms with Gasteiger partial charge in [-0.25, -0.2) is 9.59 Å². The molecular weight excluding hydrogens is 574 g/mol. The van der Waals surface area contributed by atoms with E-state index in [1.54, 1.807) is 19.2 Å². The van der Waals surface area contributed by atoms with Crippen LogP contribution in [0.3, 0.4) is 0 Å². The Hall–Kier alpha value is -3.80. The van der Waals surface area contributed by atoms with Gasteiger partial charge in [0.05, 0.1) is 32.5 Å². The number of hydrogen-bond acceptors (Lipinski definition) is 8. The second-order valence-corrected chi connectivity index (χ2v) is 11.6. The molecule has 2 aliphatic heterocycles. The lowest BCUT2D eigenvalue weighted by Gasteiger charge is -2.38. The molecule has 0 aliphatic carbocycles. The van der Waals surface area contributed by atoms with Gasteiger partial charge >= 0.3 is 12.0 Å². The predicted octanol–water partition coefficient (Wildman–Crippen LogP) is 4.74. The number of esters is 1. The number of carbonyl (C=O) groups excluding carboxylic acids is 2. The van der Waals surface area contributed by atoms with E-state index in [4.69, 9.17) is 18.9 Å². The summed E-state index contributed by atoms with van der Waals surface area (Å²) in [6.07, 6.45) is 2.41. The minimum atomic E-state index is -0.833. The maximum Gasteiger partial charge on any atom is 0.328 e. The first-order valence-electron chi connectivity index (χ1n) is 15.5. The van der Waals surface area contributed by atoms with Crippen molar-refractivity contribution in [2.45, 2.75) is 62.9 Å². The summed E-state index contributed by atoms with van der Waals surface area (Å²) < 4.78 is 23.4. The van der Waals surface area contributed by atoms with E-state index >= 15 is 0 Å². The molecule has 240 valence electrons. The molecule has 0 bridgehead atoms. The van der Waals surface area contributed by atoms with E-state index in [2.05, 4.69) is 15.5 Å². The number of urea groups is 1. The van der Waals surface area contributed by atoms with Gasteiger partial charge in [-0.1, -0.05) is 66.7 Å². The number of aliphatic hydroxyl groups excluding tert-OH is 1. The Kier molecular flexibility index (Phi) is 11.6. The number of hydrogen-bond donors (Lipinski definition) is 3. The van der Waals surface area contributed by atoms with Gasteiger partial charge in [0.1, 0.15) is 6.04 Å². The van der Waals surface area contributed by atoms with Crippen LogP contribution in [0.25, 0.3) is 0 Å². The van der Waals surface area contributed by atoms with Crippen molar-refractivity contribution in [3.05, 3.63) is 101 Å². The van der Waals surface area contributed by atoms with E-state index in [0.717, 1.165) is 48.2 Å². The van der Waals surface area contributed by atoms with E-state index in [1.807, 2.05) is 66.7 Å². The average Bonchev–Trinajstić information content (AvgIpc) is 3.51. The van der Waals surface area contributed by atoms with Crippen LogP contribution in [0.5, 0.6) is 0 Å². The van der Waals surface area contributed by atoms with Gasteiger partial charge in [0, 0.05) is 43.8 Å². The van der Waals surface area contributed by atoms with Crippen LogP contribution < -0.4 is 10.6 Å². The molecule has 3 aromatic carbocycles. The monoisotopic (exact) mass is 617 g/mol. The van der Waals surface area contributed by atoms with Crippen LogP contribution in [0.2, 0.25) is 0 Å². The van der Waals surface area contributed by atoms with Crippen molar-refractivity contribution in [2.24, 2.45) is 0 Å². The van der Waals surface area contributed by atoms with Gasteiger partial charge in [0.2, 0.25) is 0 Å². The number of amides is 2. The van der Waals surface area contributed by atoms with Crippen molar-refractivity contribution in [1.82, 2.24) is 10.2 Å². The summed E-state index contributed by atoms with van der Waals surface area (Å²) in [6.45, 7) is 2.49. The number of rotatable bonds is 12. The largest absolute Gasteiger partial charge is 0.467 e. The lowest BCUT2D eigenvalue weighted by atomic mass is 9.99. The maximum absolute atomic E-state index is 12.8. The molecule has 0 aromatic heterocycles. The molecule has 5 atom stereocenters. The molecule has 5 rings (SSSR count). The zero-order chi connectivity index (χ0) is 31.6. The first-order chi connectivity index (χ1) is 21.9. The predicted molar refractivity (Wildman–Crippen MR) is 169 cm³/mol. The standard InChI is InChI=1S/C35H43N3O7/c1-42-23-29-9-6-18-38(29)21-30-20-32(26-12-10-25(22-39)11-13-26)45-34(44-30)27-14-16-28(17-15-27)36-35(41)37-31(33(40)43-2)19-24-7-4-3-5-8-24/h3-5,7-8,10-17,29-32,34,39H,6,9,18-23H2,1-2H3,(H2,36,37,41)/t29-,30+,31-,32-,34-/m0/s1. The summed E-state index contributed by atoms with van der Waals surface area (Å²) in [7, 11) is 3.05. The number of ether oxygens (including phenoxy) is 4. The number of methoxy groups -OCH3 is 2. The van der Waals surface area contributed by atoms with Gasteiger partial charge in [-0.15, -0.1) is 0 Å². The van der Waals surface area contributed by atoms with E-state index in [-0.39, 0.29) is 18.8 Å². The van der Waals surface area contributed by atoms with Crippen molar-refractivity contribution in [3.63, 3.8) is 0 Å². The minimum Gasteiger partial charge on any atom is -0.467 e. The van der Waals surface area contributed by atoms with Crippen molar-refractivity contribution >= 4 is 17.7 Å². The molecule has 0 spiro atoms. The molecule has 2 fully saturated rings. The van der Waals surface area contributed by atoms with Crippen molar-refractivity contribution in [2.75, 3.05) is 39.2 Å². The molecule has 2 amide bonds. The quantitative estimate of drug-likeness (QED) is 0.250. The molecule has 10 heteroatoms. The van der Waals surface area contributed by atoms with Crippen LogP contribution in [-0.2, 0) is 36.8 Å². The fraction of sp³-hybridized carbons (Fsp3) is 0.429. The van der Waals surface area contributed by atoms with Crippen LogP contribution in [0, 0.1) is 0 Å². The number of aliphatic hydroxyl groups is 1. The Morgan fingerprint density at radius 2 is 1.69 bits per heavy atom. The van der Waals surface area contributed by atoms with Gasteiger partial charge < -0.3 is 34.7 Å². The summed E-state index contributed by atoms with van der Waals surface area (Å²) in [5.74, 6) is -0.520. The topological polar surface area (TPSA) is 119 Å². The highest BCUT2D eigenvalue weighted by Gasteiger charge is 2.35. The molecule has 3 N–H and O–H groups in total. The Labute approximate surface area is 264 Å². The van der Waals surface area contributed by atoms with E-state index in [0.29, 0.717) is 31.2 Å². The average molecular weight is 618 g/mol. The van der Waals surface area contributed by atoms with Crippen molar-refractivity contribution in [1.29, 1.82) is 0 Å². The Balaban J connectivity index is 1.26. The summed E-state index contributed by atoms with van der Waals surface area (Å²) in [5, 5.41) is 15.0. The van der Waals surface area contributed by atoms with Crippen molar-refractivity contribution < 1.29 is 33.6 Å². The van der Waals surface area contributed by atoms with Crippen molar-refractivity contribution in [3.8, 4) is 0 Å². The highest BCUT2D eigenvalue weighted by molar-refractivity contribution is 5.92. The number of nitrogens with zero attached hydrogens (tertiary/aromatic N) is 1. The molecule has 0 radical (unpaired) electrons. The van der Waals surface area contributed by atoms with Crippen LogP contribution in [-0.4, -0.2) is 74.1 Å². The first-order valence-corrected chi connectivity index (χ1v) is 15.5. The maximum atomic E-state index is 12.8. The Bertz CT molecular complexity index is 1370. The van der Waals surface area contributed by atoms with Crippen LogP contribution in [0.1, 0.15) is 53.9 Å². The molecule has 2 aliphatic rings. The highest BCUT2D eigenvalue weighted by atomic mass is 16.7. The van der Waals surface area contributed by atoms with Gasteiger partial charge in [-0.2, -0.15) is 0 Å². The second-order valence-electron chi connectivity index (χ2n) is 11.6. The van der Waals surface area contributed by atoms with E-state index < -0.39 is 24.3 Å². The molecule has 0 saturated carbocycles. The van der Waals surface area contributed by atoms with Gasteiger partial charge in [-0.05, 0) is 48.2 Å². The highest BCUT2D eigenvalue weighted by Crippen LogP contribution is 2.39. The molecule has 2 heterocycles. The third kappa shape index (κ3) is 8.90. The smallest absolute Gasteiger partial charge is 0.328 e. The first kappa shape index (κ1) is 32.6. The summed E-state index contributed by atoms with van der Waals surface area (Å²) in [4.78, 5) is 27.6. The molecule has 2 saturated heterocycles. The lowest BCUT2D eigenvalue weighted by molar-refractivity contribution is -0.253. The Morgan fingerprint density at radius 3 is 2.38 bits per heavy atom. The van der Waals surface area contributed by atoms with Gasteiger partial charge in [0.15, 0.2) is 6.29 Å². The summed E-state index contributed by atoms with van der Waals surface area (Å²) in [5.41, 5.74) is 4.18. The normalized spacial score (nSPS) is 22.5. The fourth-order valence-electron chi connectivity index (χ4n) is 6.05. The van der Waals surface area contributed by atoms with Gasteiger partial charge in [-0.3, -0.25) is 4.90 Å². The molecule has 45 heavy (non-hydrogen) atoms. The minimum absolute atomic E-state index is 0.00914. The Morgan fingerprint density at radius 1 is 0.956 bits per heavy atom. The van der Waals surface area contributed by atoms with Crippen LogP contribution >= 0.6 is 0 Å². The zero-order valence-electron chi connectivity index (χ0n) is 25.9. The molecular formula is C35H43N3O7. The molecule has 10 nitrogen and oxygen atoms in total. The third-order valence-corrected chi connectivity index (χ3v) is 8.43. The van der Waals surface area contributed by atoms with E-state index in [9.17, 15) is 14.7 Å². The molecule has 3 aromatic rings. The third-order valence-electron chi connectivity index (χ3n) is 8.43. The number of benzene rings is 3. The van der Waals surface area contributed by atoms with Crippen LogP contribution in [0.15, 0.2) is 78.9 Å².